The molecule has 3 aromatic rings. The third-order valence-electron chi connectivity index (χ3n) is 4.59. The molecule has 0 fully saturated rings. The Labute approximate surface area is 141 Å². The lowest BCUT2D eigenvalue weighted by Gasteiger charge is -2.25. The Balaban J connectivity index is 2.04. The van der Waals surface area contributed by atoms with E-state index in [0.29, 0.717) is 0 Å². The Morgan fingerprint density at radius 2 is 1.71 bits per heavy atom. The smallest absolute Gasteiger partial charge is 0.252 e. The first-order valence-electron chi connectivity index (χ1n) is 8.38. The van der Waals surface area contributed by atoms with E-state index in [-0.39, 0.29) is 5.56 Å². The standard InChI is InChI=1S/C21H20N2O/c1-15-8-10-17(11-9-15)20-18(16-6-3-2-4-7-16)14-19(24)23-13-5-12-22-21(20)23/h2-4,6-11,14,22H,5,12-13H2,1H3. The number of pyridine rings is 1. The van der Waals surface area contributed by atoms with Gasteiger partial charge in [0.25, 0.3) is 5.56 Å². The Morgan fingerprint density at radius 1 is 0.958 bits per heavy atom. The zero-order valence-electron chi connectivity index (χ0n) is 13.8. The highest BCUT2D eigenvalue weighted by Crippen LogP contribution is 2.37. The van der Waals surface area contributed by atoms with Crippen molar-refractivity contribution in [2.75, 3.05) is 11.9 Å². The van der Waals surface area contributed by atoms with E-state index < -0.39 is 0 Å². The summed E-state index contributed by atoms with van der Waals surface area (Å²) in [7, 11) is 0. The molecule has 3 heteroatoms. The maximum atomic E-state index is 12.6. The minimum atomic E-state index is 0.0620. The molecule has 0 unspecified atom stereocenters. The molecule has 0 saturated heterocycles. The van der Waals surface area contributed by atoms with Gasteiger partial charge in [0.15, 0.2) is 0 Å². The second-order valence-electron chi connectivity index (χ2n) is 6.28. The van der Waals surface area contributed by atoms with Crippen LogP contribution in [0.4, 0.5) is 5.82 Å². The van der Waals surface area contributed by atoms with Gasteiger partial charge in [0.2, 0.25) is 0 Å². The van der Waals surface area contributed by atoms with Crippen LogP contribution in [0.5, 0.6) is 0 Å². The maximum absolute atomic E-state index is 12.6. The first-order chi connectivity index (χ1) is 11.7. The Bertz CT molecular complexity index is 925. The van der Waals surface area contributed by atoms with Crippen LogP contribution in [0, 0.1) is 6.92 Å². The van der Waals surface area contributed by atoms with Gasteiger partial charge in [-0.1, -0.05) is 60.2 Å². The third-order valence-corrected chi connectivity index (χ3v) is 4.59. The number of nitrogens with one attached hydrogen (secondary N) is 1. The summed E-state index contributed by atoms with van der Waals surface area (Å²) in [6.07, 6.45) is 0.977. The monoisotopic (exact) mass is 316 g/mol. The highest BCUT2D eigenvalue weighted by molar-refractivity contribution is 5.90. The summed E-state index contributed by atoms with van der Waals surface area (Å²) < 4.78 is 1.87. The molecule has 0 amide bonds. The van der Waals surface area contributed by atoms with Crippen molar-refractivity contribution in [2.24, 2.45) is 0 Å². The molecular weight excluding hydrogens is 296 g/mol. The summed E-state index contributed by atoms with van der Waals surface area (Å²) in [6, 6.07) is 20.4. The molecule has 3 nitrogen and oxygen atoms in total. The molecule has 1 aliphatic rings. The van der Waals surface area contributed by atoms with Crippen LogP contribution in [0.15, 0.2) is 65.5 Å². The van der Waals surface area contributed by atoms with Crippen LogP contribution in [-0.2, 0) is 6.54 Å². The quantitative estimate of drug-likeness (QED) is 0.764. The highest BCUT2D eigenvalue weighted by atomic mass is 16.1. The van der Waals surface area contributed by atoms with Gasteiger partial charge in [0.1, 0.15) is 5.82 Å². The van der Waals surface area contributed by atoms with Crippen molar-refractivity contribution in [3.8, 4) is 22.3 Å². The summed E-state index contributed by atoms with van der Waals surface area (Å²) in [4.78, 5) is 12.6. The molecule has 1 aliphatic heterocycles. The predicted molar refractivity (Wildman–Crippen MR) is 99.4 cm³/mol. The van der Waals surface area contributed by atoms with Gasteiger partial charge < -0.3 is 5.32 Å². The highest BCUT2D eigenvalue weighted by Gasteiger charge is 2.20. The fraction of sp³-hybridized carbons (Fsp3) is 0.190. The van der Waals surface area contributed by atoms with Crippen molar-refractivity contribution in [2.45, 2.75) is 19.9 Å². The fourth-order valence-corrected chi connectivity index (χ4v) is 3.35. The van der Waals surface area contributed by atoms with E-state index in [0.717, 1.165) is 47.6 Å². The van der Waals surface area contributed by atoms with Crippen LogP contribution in [0.3, 0.4) is 0 Å². The predicted octanol–water partition coefficient (Wildman–Crippen LogP) is 4.31. The average molecular weight is 316 g/mol. The lowest BCUT2D eigenvalue weighted by atomic mass is 9.94. The van der Waals surface area contributed by atoms with Crippen molar-refractivity contribution in [1.29, 1.82) is 0 Å². The van der Waals surface area contributed by atoms with Crippen molar-refractivity contribution >= 4 is 5.82 Å². The lowest BCUT2D eigenvalue weighted by molar-refractivity contribution is 0.610. The van der Waals surface area contributed by atoms with E-state index in [1.807, 2.05) is 22.8 Å². The SMILES string of the molecule is Cc1ccc(-c2c(-c3ccccc3)cc(=O)n3c2NCCC3)cc1. The Morgan fingerprint density at radius 3 is 2.46 bits per heavy atom. The first-order valence-corrected chi connectivity index (χ1v) is 8.38. The molecule has 0 atom stereocenters. The molecule has 0 aliphatic carbocycles. The summed E-state index contributed by atoms with van der Waals surface area (Å²) in [5.74, 6) is 0.941. The second kappa shape index (κ2) is 6.00. The average Bonchev–Trinajstić information content (AvgIpc) is 2.63. The zero-order chi connectivity index (χ0) is 16.5. The molecule has 120 valence electrons. The van der Waals surface area contributed by atoms with Crippen LogP contribution >= 0.6 is 0 Å². The minimum absolute atomic E-state index is 0.0620. The second-order valence-corrected chi connectivity index (χ2v) is 6.28. The molecule has 0 spiro atoms. The van der Waals surface area contributed by atoms with Crippen molar-refractivity contribution in [3.63, 3.8) is 0 Å². The van der Waals surface area contributed by atoms with E-state index in [9.17, 15) is 4.79 Å². The Kier molecular flexibility index (Phi) is 3.69. The number of hydrogen-bond acceptors (Lipinski definition) is 2. The molecule has 1 aromatic heterocycles. The molecule has 1 N–H and O–H groups in total. The largest absolute Gasteiger partial charge is 0.371 e. The van der Waals surface area contributed by atoms with E-state index in [1.54, 1.807) is 6.07 Å². The molecule has 4 rings (SSSR count). The lowest BCUT2D eigenvalue weighted by Crippen LogP contribution is -2.29. The number of fused-ring (bicyclic) bond motifs is 1. The van der Waals surface area contributed by atoms with Crippen LogP contribution in [0.2, 0.25) is 0 Å². The van der Waals surface area contributed by atoms with Gasteiger partial charge in [-0.25, -0.2) is 0 Å². The van der Waals surface area contributed by atoms with Crippen LogP contribution in [0.1, 0.15) is 12.0 Å². The third kappa shape index (κ3) is 2.52. The number of nitrogens with zero attached hydrogens (tertiary/aromatic N) is 1. The van der Waals surface area contributed by atoms with Crippen LogP contribution in [0.25, 0.3) is 22.3 Å². The van der Waals surface area contributed by atoms with Crippen molar-refractivity contribution in [1.82, 2.24) is 4.57 Å². The molecule has 0 bridgehead atoms. The molecule has 0 saturated carbocycles. The first kappa shape index (κ1) is 14.8. The summed E-state index contributed by atoms with van der Waals surface area (Å²) in [5, 5.41) is 3.46. The van der Waals surface area contributed by atoms with Crippen molar-refractivity contribution in [3.05, 3.63) is 76.6 Å². The zero-order valence-corrected chi connectivity index (χ0v) is 13.8. The molecular formula is C21H20N2O. The van der Waals surface area contributed by atoms with Crippen LogP contribution < -0.4 is 10.9 Å². The maximum Gasteiger partial charge on any atom is 0.252 e. The van der Waals surface area contributed by atoms with Gasteiger partial charge in [-0.3, -0.25) is 9.36 Å². The number of anilines is 1. The molecule has 2 heterocycles. The van der Waals surface area contributed by atoms with E-state index >= 15 is 0 Å². The summed E-state index contributed by atoms with van der Waals surface area (Å²) in [6.45, 7) is 3.76. The van der Waals surface area contributed by atoms with Crippen molar-refractivity contribution < 1.29 is 0 Å². The molecule has 2 aromatic carbocycles. The summed E-state index contributed by atoms with van der Waals surface area (Å²) in [5.41, 5.74) is 5.60. The number of benzene rings is 2. The van der Waals surface area contributed by atoms with E-state index in [4.69, 9.17) is 0 Å². The Hall–Kier alpha value is -2.81. The number of aryl methyl sites for hydroxylation is 1. The topological polar surface area (TPSA) is 34.0 Å². The van der Waals surface area contributed by atoms with E-state index in [2.05, 4.69) is 48.6 Å². The fourth-order valence-electron chi connectivity index (χ4n) is 3.35. The van der Waals surface area contributed by atoms with Crippen LogP contribution in [-0.4, -0.2) is 11.1 Å². The summed E-state index contributed by atoms with van der Waals surface area (Å²) >= 11 is 0. The van der Waals surface area contributed by atoms with Gasteiger partial charge in [-0.05, 0) is 30.0 Å². The van der Waals surface area contributed by atoms with E-state index in [1.165, 1.54) is 5.56 Å². The van der Waals surface area contributed by atoms with Gasteiger partial charge >= 0.3 is 0 Å². The molecule has 24 heavy (non-hydrogen) atoms. The normalized spacial score (nSPS) is 13.2. The minimum Gasteiger partial charge on any atom is -0.371 e. The molecule has 0 radical (unpaired) electrons. The number of aromatic nitrogens is 1. The van der Waals surface area contributed by atoms with Gasteiger partial charge in [0, 0.05) is 24.7 Å². The van der Waals surface area contributed by atoms with Gasteiger partial charge in [-0.15, -0.1) is 0 Å². The van der Waals surface area contributed by atoms with Gasteiger partial charge in [-0.2, -0.15) is 0 Å². The number of hydrogen-bond donors (Lipinski definition) is 1. The van der Waals surface area contributed by atoms with Gasteiger partial charge in [0.05, 0.1) is 0 Å². The number of rotatable bonds is 2.